The molecular weight excluding hydrogens is 320 g/mol. The minimum absolute atomic E-state index is 0.393. The van der Waals surface area contributed by atoms with Gasteiger partial charge in [-0.25, -0.2) is 5.84 Å². The molecule has 0 bridgehead atoms. The van der Waals surface area contributed by atoms with Crippen LogP contribution in [0.1, 0.15) is 31.2 Å². The highest BCUT2D eigenvalue weighted by molar-refractivity contribution is 5.85. The van der Waals surface area contributed by atoms with Crippen LogP contribution in [0.4, 0.5) is 0 Å². The van der Waals surface area contributed by atoms with Crippen molar-refractivity contribution in [2.24, 2.45) is 18.6 Å². The highest BCUT2D eigenvalue weighted by atomic mass is 15.4. The van der Waals surface area contributed by atoms with E-state index in [1.807, 2.05) is 5.01 Å². The summed E-state index contributed by atoms with van der Waals surface area (Å²) in [7, 11) is 2.07. The fourth-order valence-corrected chi connectivity index (χ4v) is 4.01. The highest BCUT2D eigenvalue weighted by Gasteiger charge is 2.22. The summed E-state index contributed by atoms with van der Waals surface area (Å²) in [5.74, 6) is 6.36. The smallest absolute Gasteiger partial charge is 0.0747 e. The molecule has 134 valence electrons. The summed E-state index contributed by atoms with van der Waals surface area (Å²) in [4.78, 5) is 0. The van der Waals surface area contributed by atoms with Crippen LogP contribution < -0.4 is 11.6 Å². The molecular formula is C22H26N4. The minimum Gasteiger partial charge on any atom is -0.403 e. The number of hydrazine groups is 1. The van der Waals surface area contributed by atoms with Gasteiger partial charge in [0.25, 0.3) is 0 Å². The number of aryl methyl sites for hydroxylation is 1. The second kappa shape index (κ2) is 6.89. The van der Waals surface area contributed by atoms with Gasteiger partial charge in [-0.3, -0.25) is 0 Å². The molecule has 0 saturated heterocycles. The van der Waals surface area contributed by atoms with Crippen LogP contribution in [0.5, 0.6) is 0 Å². The molecule has 2 aromatic carbocycles. The molecule has 1 aliphatic carbocycles. The Hall–Kier alpha value is -2.72. The van der Waals surface area contributed by atoms with Crippen LogP contribution in [0, 0.1) is 0 Å². The Morgan fingerprint density at radius 2 is 1.73 bits per heavy atom. The molecule has 1 fully saturated rings. The SMILES string of the molecule is Cn1ccc2cc(-c3ccc(/C(=C/N)N(N)C4CCCC4)cc3)ccc21. The fourth-order valence-electron chi connectivity index (χ4n) is 4.01. The standard InChI is InChI=1S/C22H26N4/c1-25-13-12-19-14-18(10-11-21(19)25)16-6-8-17(9-7-16)22(15-23)26(24)20-4-2-3-5-20/h6-15,20H,2-5,23-24H2,1H3/b22-15-. The summed E-state index contributed by atoms with van der Waals surface area (Å²) >= 11 is 0. The van der Waals surface area contributed by atoms with Crippen LogP contribution >= 0.6 is 0 Å². The molecule has 1 heterocycles. The second-order valence-electron chi connectivity index (χ2n) is 7.18. The summed E-state index contributed by atoms with van der Waals surface area (Å²) in [5.41, 5.74) is 11.5. The number of fused-ring (bicyclic) bond motifs is 1. The molecule has 0 unspecified atom stereocenters. The first kappa shape index (κ1) is 16.7. The van der Waals surface area contributed by atoms with Crippen LogP contribution in [0.25, 0.3) is 27.7 Å². The zero-order valence-electron chi connectivity index (χ0n) is 15.2. The number of hydrogen-bond acceptors (Lipinski definition) is 3. The lowest BCUT2D eigenvalue weighted by molar-refractivity contribution is 0.306. The predicted molar refractivity (Wildman–Crippen MR) is 109 cm³/mol. The largest absolute Gasteiger partial charge is 0.403 e. The third kappa shape index (κ3) is 2.97. The molecule has 0 spiro atoms. The number of benzene rings is 2. The van der Waals surface area contributed by atoms with Crippen molar-refractivity contribution in [1.82, 2.24) is 9.58 Å². The van der Waals surface area contributed by atoms with Crippen LogP contribution in [0.2, 0.25) is 0 Å². The fraction of sp³-hybridized carbons (Fsp3) is 0.273. The van der Waals surface area contributed by atoms with E-state index in [0.717, 1.165) is 24.1 Å². The summed E-state index contributed by atoms with van der Waals surface area (Å²) in [5, 5.41) is 3.11. The van der Waals surface area contributed by atoms with Crippen molar-refractivity contribution < 1.29 is 0 Å². The molecule has 26 heavy (non-hydrogen) atoms. The van der Waals surface area contributed by atoms with E-state index in [0.29, 0.717) is 6.04 Å². The summed E-state index contributed by atoms with van der Waals surface area (Å²) in [6.45, 7) is 0. The maximum absolute atomic E-state index is 6.36. The molecule has 1 aromatic heterocycles. The maximum atomic E-state index is 6.36. The van der Waals surface area contributed by atoms with E-state index in [4.69, 9.17) is 11.6 Å². The third-order valence-corrected chi connectivity index (χ3v) is 5.55. The van der Waals surface area contributed by atoms with E-state index in [1.165, 1.54) is 34.9 Å². The van der Waals surface area contributed by atoms with Crippen molar-refractivity contribution in [2.75, 3.05) is 0 Å². The molecule has 4 rings (SSSR count). The lowest BCUT2D eigenvalue weighted by atomic mass is 10.0. The Balaban J connectivity index is 1.60. The lowest BCUT2D eigenvalue weighted by Gasteiger charge is -2.28. The van der Waals surface area contributed by atoms with E-state index >= 15 is 0 Å². The molecule has 4 heteroatoms. The predicted octanol–water partition coefficient (Wildman–Crippen LogP) is 4.22. The quantitative estimate of drug-likeness (QED) is 0.549. The number of aromatic nitrogens is 1. The second-order valence-corrected chi connectivity index (χ2v) is 7.18. The van der Waals surface area contributed by atoms with Crippen molar-refractivity contribution in [1.29, 1.82) is 0 Å². The molecule has 0 atom stereocenters. The molecule has 0 aliphatic heterocycles. The van der Waals surface area contributed by atoms with Crippen molar-refractivity contribution in [3.05, 3.63) is 66.5 Å². The Kier molecular flexibility index (Phi) is 4.43. The van der Waals surface area contributed by atoms with Gasteiger partial charge in [-0.2, -0.15) is 0 Å². The monoisotopic (exact) mass is 346 g/mol. The lowest BCUT2D eigenvalue weighted by Crippen LogP contribution is -2.38. The van der Waals surface area contributed by atoms with Gasteiger partial charge in [0.05, 0.1) is 5.70 Å². The summed E-state index contributed by atoms with van der Waals surface area (Å²) in [6.07, 6.45) is 8.50. The average Bonchev–Trinajstić information content (AvgIpc) is 3.33. The van der Waals surface area contributed by atoms with Gasteiger partial charge in [-0.15, -0.1) is 0 Å². The van der Waals surface area contributed by atoms with Crippen LogP contribution in [-0.4, -0.2) is 15.6 Å². The normalized spacial score (nSPS) is 15.7. The van der Waals surface area contributed by atoms with Gasteiger partial charge < -0.3 is 15.3 Å². The number of hydrogen-bond donors (Lipinski definition) is 2. The van der Waals surface area contributed by atoms with Gasteiger partial charge in [0.15, 0.2) is 0 Å². The van der Waals surface area contributed by atoms with Crippen LogP contribution in [0.3, 0.4) is 0 Å². The van der Waals surface area contributed by atoms with Gasteiger partial charge in [0, 0.05) is 42.0 Å². The van der Waals surface area contributed by atoms with Crippen molar-refractivity contribution in [3.63, 3.8) is 0 Å². The average molecular weight is 346 g/mol. The Labute approximate surface area is 154 Å². The van der Waals surface area contributed by atoms with Crippen LogP contribution in [-0.2, 0) is 7.05 Å². The molecule has 3 aromatic rings. The van der Waals surface area contributed by atoms with Gasteiger partial charge >= 0.3 is 0 Å². The third-order valence-electron chi connectivity index (χ3n) is 5.55. The zero-order chi connectivity index (χ0) is 18.1. The number of nitrogens with zero attached hydrogens (tertiary/aromatic N) is 2. The Bertz CT molecular complexity index is 930. The van der Waals surface area contributed by atoms with E-state index in [1.54, 1.807) is 6.20 Å². The van der Waals surface area contributed by atoms with Crippen molar-refractivity contribution in [3.8, 4) is 11.1 Å². The van der Waals surface area contributed by atoms with Crippen LogP contribution in [0.15, 0.2) is 60.9 Å². The van der Waals surface area contributed by atoms with Crippen molar-refractivity contribution >= 4 is 16.6 Å². The molecule has 0 amide bonds. The molecule has 0 radical (unpaired) electrons. The molecule has 4 nitrogen and oxygen atoms in total. The molecule has 4 N–H and O–H groups in total. The van der Waals surface area contributed by atoms with Crippen molar-refractivity contribution in [2.45, 2.75) is 31.7 Å². The summed E-state index contributed by atoms with van der Waals surface area (Å²) in [6, 6.07) is 17.6. The number of nitrogens with two attached hydrogens (primary N) is 2. The first-order chi connectivity index (χ1) is 12.7. The summed E-state index contributed by atoms with van der Waals surface area (Å²) < 4.78 is 2.14. The Morgan fingerprint density at radius 3 is 2.42 bits per heavy atom. The van der Waals surface area contributed by atoms with E-state index in [-0.39, 0.29) is 0 Å². The van der Waals surface area contributed by atoms with E-state index < -0.39 is 0 Å². The van der Waals surface area contributed by atoms with E-state index in [9.17, 15) is 0 Å². The Morgan fingerprint density at radius 1 is 1.04 bits per heavy atom. The number of rotatable bonds is 4. The van der Waals surface area contributed by atoms with Gasteiger partial charge in [-0.05, 0) is 42.2 Å². The first-order valence-corrected chi connectivity index (χ1v) is 9.29. The van der Waals surface area contributed by atoms with Gasteiger partial charge in [0.1, 0.15) is 0 Å². The van der Waals surface area contributed by atoms with Gasteiger partial charge in [0.2, 0.25) is 0 Å². The molecule has 1 aliphatic rings. The highest BCUT2D eigenvalue weighted by Crippen LogP contribution is 2.30. The maximum Gasteiger partial charge on any atom is 0.0747 e. The first-order valence-electron chi connectivity index (χ1n) is 9.29. The topological polar surface area (TPSA) is 60.2 Å². The van der Waals surface area contributed by atoms with E-state index in [2.05, 4.69) is 66.3 Å². The van der Waals surface area contributed by atoms with Gasteiger partial charge in [-0.1, -0.05) is 43.2 Å². The minimum atomic E-state index is 0.393. The zero-order valence-corrected chi connectivity index (χ0v) is 15.2. The molecule has 1 saturated carbocycles.